The number of aromatic nitrogens is 4. The number of aliphatic hydroxyl groups excluding tert-OH is 1. The van der Waals surface area contributed by atoms with Crippen molar-refractivity contribution in [3.8, 4) is 5.88 Å². The Hall–Kier alpha value is -0.893. The van der Waals surface area contributed by atoms with Gasteiger partial charge in [-0.15, -0.1) is 0 Å². The van der Waals surface area contributed by atoms with Crippen LogP contribution < -0.4 is 0 Å². The third kappa shape index (κ3) is 6.68. The largest absolute Gasteiger partial charge is 0.492 e. The number of ether oxygens (including phenoxy) is 1. The van der Waals surface area contributed by atoms with Gasteiger partial charge in [-0.25, -0.2) is 9.97 Å². The maximum atomic E-state index is 11.5. The highest BCUT2D eigenvalue weighted by Gasteiger charge is 2.49. The van der Waals surface area contributed by atoms with Gasteiger partial charge in [0.25, 0.3) is 0 Å². The van der Waals surface area contributed by atoms with Gasteiger partial charge in [0.2, 0.25) is 5.88 Å². The van der Waals surface area contributed by atoms with Crippen LogP contribution in [0.1, 0.15) is 60.1 Å². The van der Waals surface area contributed by atoms with E-state index in [0.717, 1.165) is 24.8 Å². The van der Waals surface area contributed by atoms with Gasteiger partial charge in [-0.1, -0.05) is 32.9 Å². The number of fused-ring (bicyclic) bond motifs is 1. The number of hydrogen-bond donors (Lipinski definition) is 3. The van der Waals surface area contributed by atoms with E-state index in [1.807, 2.05) is 6.92 Å². The van der Waals surface area contributed by atoms with E-state index in [-0.39, 0.29) is 33.9 Å². The molecule has 0 amide bonds. The van der Waals surface area contributed by atoms with E-state index < -0.39 is 40.0 Å². The fourth-order valence-corrected chi connectivity index (χ4v) is 8.14. The summed E-state index contributed by atoms with van der Waals surface area (Å²) in [6, 6.07) is 0. The average molecular weight is 631 g/mol. The SMILES string of the molecule is C=C(C)[C@@H]1CC[C@](C)(S)[C@@H](O[PH](=S)O[C@H]2[C@@H](O)[C@H](n3cnc4c(O)ncnc43)O[C@@H]2CO[Si](C)(C)C(C)(C)C)C1. The van der Waals surface area contributed by atoms with E-state index in [4.69, 9.17) is 42.6 Å². The number of nitrogens with zero attached hydrogens (tertiary/aromatic N) is 4. The highest BCUT2D eigenvalue weighted by molar-refractivity contribution is 8.00. The molecule has 4 rings (SSSR count). The van der Waals surface area contributed by atoms with Crippen LogP contribution in [-0.2, 0) is 30.0 Å². The van der Waals surface area contributed by atoms with Crippen LogP contribution in [0, 0.1) is 5.92 Å². The Morgan fingerprint density at radius 2 is 2.02 bits per heavy atom. The van der Waals surface area contributed by atoms with Crippen LogP contribution in [0.2, 0.25) is 18.1 Å². The minimum Gasteiger partial charge on any atom is -0.492 e. The van der Waals surface area contributed by atoms with Gasteiger partial charge in [-0.3, -0.25) is 4.57 Å². The highest BCUT2D eigenvalue weighted by atomic mass is 32.4. The maximum Gasteiger partial charge on any atom is 0.242 e. The fourth-order valence-electron chi connectivity index (χ4n) is 4.90. The molecule has 3 heterocycles. The lowest BCUT2D eigenvalue weighted by Gasteiger charge is -2.41. The van der Waals surface area contributed by atoms with Crippen LogP contribution in [0.3, 0.4) is 0 Å². The molecule has 224 valence electrons. The maximum absolute atomic E-state index is 11.5. The minimum absolute atomic E-state index is 0.0110. The third-order valence-electron chi connectivity index (χ3n) is 8.70. The second kappa shape index (κ2) is 12.0. The van der Waals surface area contributed by atoms with Gasteiger partial charge in [-0.05, 0) is 69.0 Å². The molecule has 0 radical (unpaired) electrons. The minimum atomic E-state index is -2.25. The van der Waals surface area contributed by atoms with E-state index in [2.05, 4.69) is 62.3 Å². The zero-order chi connectivity index (χ0) is 29.6. The number of aliphatic hydroxyl groups is 1. The molecule has 10 nitrogen and oxygen atoms in total. The Labute approximate surface area is 249 Å². The van der Waals surface area contributed by atoms with E-state index in [1.165, 1.54) is 12.7 Å². The summed E-state index contributed by atoms with van der Waals surface area (Å²) < 4.78 is 26.8. The van der Waals surface area contributed by atoms with Crippen molar-refractivity contribution in [1.82, 2.24) is 19.5 Å². The third-order valence-corrected chi connectivity index (χ3v) is 15.2. The molecule has 2 aromatic rings. The van der Waals surface area contributed by atoms with Crippen LogP contribution in [0.5, 0.6) is 5.88 Å². The summed E-state index contributed by atoms with van der Waals surface area (Å²) in [5, 5.41) is 21.6. The number of aromatic hydroxyl groups is 1. The van der Waals surface area contributed by atoms with Gasteiger partial charge in [0.1, 0.15) is 24.6 Å². The summed E-state index contributed by atoms with van der Waals surface area (Å²) in [4.78, 5) is 12.2. The molecule has 0 spiro atoms. The smallest absolute Gasteiger partial charge is 0.242 e. The second-order valence-electron chi connectivity index (χ2n) is 12.8. The van der Waals surface area contributed by atoms with Crippen LogP contribution in [0.4, 0.5) is 0 Å². The lowest BCUT2D eigenvalue weighted by molar-refractivity contribution is -0.0485. The van der Waals surface area contributed by atoms with E-state index in [0.29, 0.717) is 11.6 Å². The van der Waals surface area contributed by atoms with Crippen LogP contribution in [-0.4, -0.2) is 73.8 Å². The Bertz CT molecular complexity index is 1260. The zero-order valence-electron chi connectivity index (χ0n) is 24.3. The summed E-state index contributed by atoms with van der Waals surface area (Å²) in [5.41, 5.74) is 1.68. The second-order valence-corrected chi connectivity index (χ2v) is 20.6. The molecule has 8 atom stereocenters. The lowest BCUT2D eigenvalue weighted by atomic mass is 9.77. The molecule has 0 aromatic carbocycles. The Morgan fingerprint density at radius 3 is 2.67 bits per heavy atom. The molecule has 1 aliphatic heterocycles. The van der Waals surface area contributed by atoms with Gasteiger partial charge < -0.3 is 28.4 Å². The summed E-state index contributed by atoms with van der Waals surface area (Å²) in [7, 11) is -4.38. The summed E-state index contributed by atoms with van der Waals surface area (Å²) in [6.07, 6.45) is 1.73. The topological polar surface area (TPSA) is 121 Å². The fraction of sp³-hybridized carbons (Fsp3) is 0.731. The predicted molar refractivity (Wildman–Crippen MR) is 165 cm³/mol. The zero-order valence-corrected chi connectivity index (χ0v) is 28.0. The predicted octanol–water partition coefficient (Wildman–Crippen LogP) is 5.15. The molecule has 1 unspecified atom stereocenters. The first-order valence-electron chi connectivity index (χ1n) is 13.6. The van der Waals surface area contributed by atoms with E-state index in [1.54, 1.807) is 4.57 Å². The van der Waals surface area contributed by atoms with Crippen molar-refractivity contribution in [1.29, 1.82) is 0 Å². The molecule has 40 heavy (non-hydrogen) atoms. The van der Waals surface area contributed by atoms with Crippen LogP contribution >= 0.6 is 19.8 Å². The first-order chi connectivity index (χ1) is 18.5. The summed E-state index contributed by atoms with van der Waals surface area (Å²) in [6.45, 7) is 19.3. The van der Waals surface area contributed by atoms with Crippen molar-refractivity contribution < 1.29 is 28.4 Å². The number of thiol groups is 1. The van der Waals surface area contributed by atoms with Gasteiger partial charge in [0, 0.05) is 4.75 Å². The highest BCUT2D eigenvalue weighted by Crippen LogP contribution is 2.47. The lowest BCUT2D eigenvalue weighted by Crippen LogP contribution is -2.45. The first kappa shape index (κ1) is 32.0. The molecule has 1 saturated heterocycles. The Balaban J connectivity index is 1.56. The van der Waals surface area contributed by atoms with Gasteiger partial charge in [-0.2, -0.15) is 17.6 Å². The molecule has 0 bridgehead atoms. The van der Waals surface area contributed by atoms with Crippen molar-refractivity contribution in [2.75, 3.05) is 6.61 Å². The molecule has 1 saturated carbocycles. The average Bonchev–Trinajstić information content (AvgIpc) is 3.40. The quantitative estimate of drug-likeness (QED) is 0.148. The van der Waals surface area contributed by atoms with E-state index in [9.17, 15) is 10.2 Å². The number of hydrogen-bond acceptors (Lipinski definition) is 11. The monoisotopic (exact) mass is 630 g/mol. The van der Waals surface area contributed by atoms with Crippen molar-refractivity contribution in [2.24, 2.45) is 5.92 Å². The molecule has 2 aromatic heterocycles. The van der Waals surface area contributed by atoms with Crippen LogP contribution in [0.15, 0.2) is 24.8 Å². The van der Waals surface area contributed by atoms with Crippen molar-refractivity contribution in [3.05, 3.63) is 24.8 Å². The Kier molecular flexibility index (Phi) is 9.61. The molecular formula is C26H43N4O6PS2Si. The number of allylic oxidation sites excluding steroid dienone is 1. The first-order valence-corrected chi connectivity index (χ1v) is 19.4. The van der Waals surface area contributed by atoms with Gasteiger partial charge >= 0.3 is 0 Å². The molecule has 1 aliphatic carbocycles. The number of rotatable bonds is 9. The Morgan fingerprint density at radius 1 is 1.32 bits per heavy atom. The molecular weight excluding hydrogens is 588 g/mol. The number of imidazole rings is 1. The molecule has 2 aliphatic rings. The standard InChI is InChI=1S/C26H43N4O6PS2Si/c1-15(2)16-9-10-26(6,38)18(11-16)35-37(39)36-21-17(12-33-40(7,8)25(3,4)5)34-24(20(21)31)30-14-29-19-22(30)27-13-28-23(19)32/h13-14,16-18,20-21,24,31,37-38H,1,9-12H2,2-8H3,(H,27,28,32)/t16-,17-,18+,20-,21-,24-,26+/m1/s1. The van der Waals surface area contributed by atoms with E-state index >= 15 is 0 Å². The van der Waals surface area contributed by atoms with Crippen molar-refractivity contribution in [3.63, 3.8) is 0 Å². The normalized spacial score (nSPS) is 32.4. The molecule has 2 N–H and O–H groups in total. The van der Waals surface area contributed by atoms with Gasteiger partial charge in [0.15, 0.2) is 32.9 Å². The van der Waals surface area contributed by atoms with Crippen LogP contribution in [0.25, 0.3) is 11.2 Å². The van der Waals surface area contributed by atoms with Gasteiger partial charge in [0.05, 0.1) is 19.0 Å². The molecule has 14 heteroatoms. The summed E-state index contributed by atoms with van der Waals surface area (Å²) in [5.74, 6) is 0.0973. The van der Waals surface area contributed by atoms with Crippen molar-refractivity contribution in [2.45, 2.75) is 107 Å². The molecule has 2 fully saturated rings. The summed E-state index contributed by atoms with van der Waals surface area (Å²) >= 11 is 10.6. The van der Waals surface area contributed by atoms with Crippen molar-refractivity contribution >= 4 is 51.1 Å².